The van der Waals surface area contributed by atoms with Crippen LogP contribution in [-0.4, -0.2) is 39.1 Å². The number of amides is 1. The van der Waals surface area contributed by atoms with Crippen molar-refractivity contribution in [3.63, 3.8) is 0 Å². The van der Waals surface area contributed by atoms with Gasteiger partial charge in [-0.05, 0) is 18.2 Å². The van der Waals surface area contributed by atoms with E-state index in [1.54, 1.807) is 12.1 Å². The normalized spacial score (nSPS) is 8.68. The molecule has 0 aromatic heterocycles. The summed E-state index contributed by atoms with van der Waals surface area (Å²) >= 11 is 0. The largest absolute Gasteiger partial charge is 0.478 e. The number of hydrogen-bond donors (Lipinski definition) is 4. The average molecular weight is 269 g/mol. The van der Waals surface area contributed by atoms with E-state index in [2.05, 4.69) is 5.32 Å². The minimum absolute atomic E-state index is 0.159. The number of nitrogens with one attached hydrogen (secondary N) is 1. The van der Waals surface area contributed by atoms with Gasteiger partial charge in [0.25, 0.3) is 0 Å². The van der Waals surface area contributed by atoms with Crippen LogP contribution >= 0.6 is 0 Å². The summed E-state index contributed by atoms with van der Waals surface area (Å²) in [5, 5.41) is 25.9. The van der Waals surface area contributed by atoms with E-state index in [0.717, 1.165) is 0 Å². The van der Waals surface area contributed by atoms with Gasteiger partial charge in [-0.2, -0.15) is 0 Å². The highest BCUT2D eigenvalue weighted by Crippen LogP contribution is 2.10. The van der Waals surface area contributed by atoms with Gasteiger partial charge in [0.1, 0.15) is 0 Å². The molecule has 0 spiro atoms. The summed E-state index contributed by atoms with van der Waals surface area (Å²) in [5.41, 5.74) is 0.652. The third kappa shape index (κ3) is 7.10. The standard InChI is InChI=1S/C9H9NO3.C2H2O4/c1-6(11)10-8-4-2-3-7(5-8)9(12)13;3-1(4)2(5)6/h2-5H,1H3,(H,10,11)(H,12,13);(H,3,4)(H,5,6). The molecule has 8 heteroatoms. The van der Waals surface area contributed by atoms with Crippen LogP contribution in [0.1, 0.15) is 17.3 Å². The molecule has 1 amide bonds. The van der Waals surface area contributed by atoms with Gasteiger partial charge in [-0.15, -0.1) is 0 Å². The predicted molar refractivity (Wildman–Crippen MR) is 63.0 cm³/mol. The van der Waals surface area contributed by atoms with Gasteiger partial charge in [0.15, 0.2) is 0 Å². The van der Waals surface area contributed by atoms with Crippen LogP contribution in [-0.2, 0) is 14.4 Å². The fourth-order valence-corrected chi connectivity index (χ4v) is 0.933. The molecular formula is C11H11NO7. The first-order valence-corrected chi connectivity index (χ1v) is 4.81. The fraction of sp³-hybridized carbons (Fsp3) is 0.0909. The zero-order chi connectivity index (χ0) is 15.0. The van der Waals surface area contributed by atoms with E-state index >= 15 is 0 Å². The van der Waals surface area contributed by atoms with Crippen LogP contribution in [0.15, 0.2) is 24.3 Å². The molecule has 0 saturated carbocycles. The Morgan fingerprint density at radius 2 is 1.53 bits per heavy atom. The molecule has 102 valence electrons. The summed E-state index contributed by atoms with van der Waals surface area (Å²) < 4.78 is 0. The number of carbonyl (C=O) groups is 4. The topological polar surface area (TPSA) is 141 Å². The first-order valence-electron chi connectivity index (χ1n) is 4.81. The summed E-state index contributed by atoms with van der Waals surface area (Å²) in [6, 6.07) is 6.08. The smallest absolute Gasteiger partial charge is 0.414 e. The molecular weight excluding hydrogens is 258 g/mol. The molecule has 4 N–H and O–H groups in total. The number of benzene rings is 1. The predicted octanol–water partition coefficient (Wildman–Crippen LogP) is 0.499. The molecule has 0 aliphatic heterocycles. The molecule has 1 aromatic carbocycles. The van der Waals surface area contributed by atoms with Gasteiger partial charge in [-0.3, -0.25) is 4.79 Å². The van der Waals surface area contributed by atoms with Crippen molar-refractivity contribution in [1.82, 2.24) is 0 Å². The van der Waals surface area contributed by atoms with Crippen LogP contribution < -0.4 is 5.32 Å². The number of carboxylic acid groups (broad SMARTS) is 3. The SMILES string of the molecule is CC(=O)Nc1cccc(C(=O)O)c1.O=C(O)C(=O)O. The molecule has 0 radical (unpaired) electrons. The minimum Gasteiger partial charge on any atom is -0.478 e. The summed E-state index contributed by atoms with van der Waals surface area (Å²) in [7, 11) is 0. The van der Waals surface area contributed by atoms with Crippen molar-refractivity contribution < 1.29 is 34.5 Å². The Balaban J connectivity index is 0.000000459. The van der Waals surface area contributed by atoms with Crippen molar-refractivity contribution in [2.24, 2.45) is 0 Å². The van der Waals surface area contributed by atoms with Gasteiger partial charge in [0.2, 0.25) is 5.91 Å². The van der Waals surface area contributed by atoms with E-state index in [1.807, 2.05) is 0 Å². The highest BCUT2D eigenvalue weighted by Gasteiger charge is 2.04. The zero-order valence-electron chi connectivity index (χ0n) is 9.78. The Hall–Kier alpha value is -2.90. The van der Waals surface area contributed by atoms with Crippen molar-refractivity contribution in [2.75, 3.05) is 5.32 Å². The molecule has 0 atom stereocenters. The lowest BCUT2D eigenvalue weighted by atomic mass is 10.2. The Bertz CT molecular complexity index is 498. The number of carboxylic acids is 3. The Morgan fingerprint density at radius 3 is 1.89 bits per heavy atom. The highest BCUT2D eigenvalue weighted by molar-refractivity contribution is 6.27. The maximum absolute atomic E-state index is 10.6. The first-order chi connectivity index (χ1) is 8.73. The lowest BCUT2D eigenvalue weighted by molar-refractivity contribution is -0.159. The molecule has 0 heterocycles. The van der Waals surface area contributed by atoms with Crippen molar-refractivity contribution in [3.05, 3.63) is 29.8 Å². The zero-order valence-corrected chi connectivity index (χ0v) is 9.78. The van der Waals surface area contributed by atoms with E-state index in [9.17, 15) is 9.59 Å². The van der Waals surface area contributed by atoms with E-state index in [4.69, 9.17) is 24.9 Å². The van der Waals surface area contributed by atoms with Crippen LogP contribution in [0.2, 0.25) is 0 Å². The lowest BCUT2D eigenvalue weighted by Crippen LogP contribution is -2.09. The van der Waals surface area contributed by atoms with Gasteiger partial charge >= 0.3 is 17.9 Å². The number of carbonyl (C=O) groups excluding carboxylic acids is 1. The van der Waals surface area contributed by atoms with Crippen LogP contribution in [0, 0.1) is 0 Å². The number of rotatable bonds is 2. The van der Waals surface area contributed by atoms with Crippen LogP contribution in [0.3, 0.4) is 0 Å². The van der Waals surface area contributed by atoms with E-state index < -0.39 is 17.9 Å². The molecule has 0 aliphatic carbocycles. The van der Waals surface area contributed by atoms with Crippen LogP contribution in [0.4, 0.5) is 5.69 Å². The second-order valence-electron chi connectivity index (χ2n) is 3.18. The maximum atomic E-state index is 10.6. The van der Waals surface area contributed by atoms with Gasteiger partial charge < -0.3 is 20.6 Å². The summed E-state index contributed by atoms with van der Waals surface area (Å²) in [4.78, 5) is 39.4. The minimum atomic E-state index is -1.82. The molecule has 1 aromatic rings. The Kier molecular flexibility index (Phi) is 6.30. The van der Waals surface area contributed by atoms with Crippen molar-refractivity contribution >= 4 is 29.5 Å². The lowest BCUT2D eigenvalue weighted by Gasteiger charge is -2.01. The van der Waals surface area contributed by atoms with E-state index in [-0.39, 0.29) is 11.5 Å². The second-order valence-corrected chi connectivity index (χ2v) is 3.18. The molecule has 19 heavy (non-hydrogen) atoms. The van der Waals surface area contributed by atoms with Crippen LogP contribution in [0.25, 0.3) is 0 Å². The van der Waals surface area contributed by atoms with Gasteiger partial charge in [-0.25, -0.2) is 14.4 Å². The number of aliphatic carboxylic acids is 2. The summed E-state index contributed by atoms with van der Waals surface area (Å²) in [6.45, 7) is 1.37. The molecule has 0 unspecified atom stereocenters. The molecule has 1 rings (SSSR count). The van der Waals surface area contributed by atoms with Crippen molar-refractivity contribution in [2.45, 2.75) is 6.92 Å². The summed E-state index contributed by atoms with van der Waals surface area (Å²) in [6.07, 6.45) is 0. The van der Waals surface area contributed by atoms with Crippen molar-refractivity contribution in [3.8, 4) is 0 Å². The molecule has 0 saturated heterocycles. The second kappa shape index (κ2) is 7.43. The van der Waals surface area contributed by atoms with E-state index in [0.29, 0.717) is 5.69 Å². The van der Waals surface area contributed by atoms with Gasteiger partial charge in [0, 0.05) is 12.6 Å². The molecule has 0 aliphatic rings. The Morgan fingerprint density at radius 1 is 1.00 bits per heavy atom. The van der Waals surface area contributed by atoms with Gasteiger partial charge in [0.05, 0.1) is 5.56 Å². The van der Waals surface area contributed by atoms with Gasteiger partial charge in [-0.1, -0.05) is 6.07 Å². The first kappa shape index (κ1) is 16.1. The third-order valence-electron chi connectivity index (χ3n) is 1.61. The quantitative estimate of drug-likeness (QED) is 0.572. The molecule has 8 nitrogen and oxygen atoms in total. The number of aromatic carboxylic acids is 1. The monoisotopic (exact) mass is 269 g/mol. The van der Waals surface area contributed by atoms with E-state index in [1.165, 1.54) is 19.1 Å². The molecule has 0 fully saturated rings. The van der Waals surface area contributed by atoms with Crippen molar-refractivity contribution in [1.29, 1.82) is 0 Å². The molecule has 0 bridgehead atoms. The fourth-order valence-electron chi connectivity index (χ4n) is 0.933. The number of hydrogen-bond acceptors (Lipinski definition) is 4. The highest BCUT2D eigenvalue weighted by atomic mass is 16.4. The Labute approximate surface area is 107 Å². The van der Waals surface area contributed by atoms with Crippen LogP contribution in [0.5, 0.6) is 0 Å². The third-order valence-corrected chi connectivity index (χ3v) is 1.61. The summed E-state index contributed by atoms with van der Waals surface area (Å²) in [5.74, 6) is -4.88. The maximum Gasteiger partial charge on any atom is 0.414 e. The number of anilines is 1. The average Bonchev–Trinajstić information content (AvgIpc) is 2.29.